The van der Waals surface area contributed by atoms with Crippen LogP contribution in [0.15, 0.2) is 22.6 Å². The molecule has 2 aromatic rings. The number of hydrogen-bond donors (Lipinski definition) is 0. The quantitative estimate of drug-likeness (QED) is 0.745. The second kappa shape index (κ2) is 3.25. The monoisotopic (exact) mass is 199 g/mol. The van der Waals surface area contributed by atoms with Gasteiger partial charge >= 0.3 is 6.61 Å². The lowest BCUT2D eigenvalue weighted by Gasteiger charge is -2.02. The fraction of sp³-hybridized carbons (Fsp3) is 0.222. The fourth-order valence-electron chi connectivity index (χ4n) is 1.20. The highest BCUT2D eigenvalue weighted by molar-refractivity contribution is 5.74. The molecular formula is C9H7F2NO2. The average Bonchev–Trinajstić information content (AvgIpc) is 2.42. The molecule has 2 rings (SSSR count). The van der Waals surface area contributed by atoms with Crippen molar-refractivity contribution < 1.29 is 17.9 Å². The van der Waals surface area contributed by atoms with Crippen molar-refractivity contribution >= 4 is 11.1 Å². The summed E-state index contributed by atoms with van der Waals surface area (Å²) in [6.45, 7) is -1.13. The third kappa shape index (κ3) is 1.66. The van der Waals surface area contributed by atoms with Crippen molar-refractivity contribution in [1.82, 2.24) is 4.98 Å². The fourth-order valence-corrected chi connectivity index (χ4v) is 1.20. The van der Waals surface area contributed by atoms with Crippen LogP contribution in [0.25, 0.3) is 11.1 Å². The first-order valence-corrected chi connectivity index (χ1v) is 3.97. The van der Waals surface area contributed by atoms with Gasteiger partial charge in [0.1, 0.15) is 11.3 Å². The van der Waals surface area contributed by atoms with E-state index in [1.165, 1.54) is 12.1 Å². The van der Waals surface area contributed by atoms with Gasteiger partial charge in [-0.15, -0.1) is 0 Å². The molecule has 0 aliphatic rings. The number of aryl methyl sites for hydroxylation is 1. The zero-order valence-electron chi connectivity index (χ0n) is 7.33. The predicted octanol–water partition coefficient (Wildman–Crippen LogP) is 2.74. The molecule has 0 atom stereocenters. The van der Waals surface area contributed by atoms with Crippen LogP contribution in [0.1, 0.15) is 5.89 Å². The van der Waals surface area contributed by atoms with Gasteiger partial charge in [-0.1, -0.05) is 0 Å². The zero-order valence-corrected chi connectivity index (χ0v) is 7.33. The summed E-state index contributed by atoms with van der Waals surface area (Å²) in [5, 5.41) is 0. The number of hydrogen-bond acceptors (Lipinski definition) is 3. The van der Waals surface area contributed by atoms with E-state index in [0.717, 1.165) is 0 Å². The van der Waals surface area contributed by atoms with Crippen LogP contribution >= 0.6 is 0 Å². The van der Waals surface area contributed by atoms with Crippen molar-refractivity contribution in [3.63, 3.8) is 0 Å². The third-order valence-corrected chi connectivity index (χ3v) is 1.69. The van der Waals surface area contributed by atoms with Gasteiger partial charge in [-0.2, -0.15) is 8.78 Å². The molecule has 0 amide bonds. The maximum atomic E-state index is 11.9. The Kier molecular flexibility index (Phi) is 2.07. The molecule has 1 aromatic carbocycles. The van der Waals surface area contributed by atoms with Crippen LogP contribution in [0.4, 0.5) is 8.78 Å². The number of ether oxygens (including phenoxy) is 1. The molecular weight excluding hydrogens is 192 g/mol. The van der Waals surface area contributed by atoms with Crippen LogP contribution < -0.4 is 4.74 Å². The molecule has 0 radical (unpaired) electrons. The van der Waals surface area contributed by atoms with E-state index in [0.29, 0.717) is 17.0 Å². The van der Waals surface area contributed by atoms with E-state index in [2.05, 4.69) is 9.72 Å². The zero-order chi connectivity index (χ0) is 10.1. The summed E-state index contributed by atoms with van der Waals surface area (Å²) in [6, 6.07) is 4.39. The van der Waals surface area contributed by atoms with E-state index in [1.54, 1.807) is 13.0 Å². The van der Waals surface area contributed by atoms with Crippen molar-refractivity contribution in [3.05, 3.63) is 24.1 Å². The molecule has 74 valence electrons. The Hall–Kier alpha value is -1.65. The molecule has 1 aromatic heterocycles. The molecule has 0 bridgehead atoms. The number of rotatable bonds is 2. The topological polar surface area (TPSA) is 35.3 Å². The van der Waals surface area contributed by atoms with Crippen LogP contribution in [0.3, 0.4) is 0 Å². The van der Waals surface area contributed by atoms with Gasteiger partial charge in [-0.3, -0.25) is 0 Å². The van der Waals surface area contributed by atoms with Gasteiger partial charge < -0.3 is 9.15 Å². The lowest BCUT2D eigenvalue weighted by atomic mass is 10.3. The number of halogens is 2. The Morgan fingerprint density at radius 1 is 1.43 bits per heavy atom. The number of fused-ring (bicyclic) bond motifs is 1. The number of alkyl halides is 2. The van der Waals surface area contributed by atoms with Crippen molar-refractivity contribution in [3.8, 4) is 5.75 Å². The van der Waals surface area contributed by atoms with E-state index in [-0.39, 0.29) is 5.75 Å². The number of nitrogens with zero attached hydrogens (tertiary/aromatic N) is 1. The summed E-state index contributed by atoms with van der Waals surface area (Å²) in [5.74, 6) is 0.567. The van der Waals surface area contributed by atoms with Gasteiger partial charge in [0.2, 0.25) is 0 Å². The van der Waals surface area contributed by atoms with Crippen molar-refractivity contribution in [2.75, 3.05) is 0 Å². The van der Waals surface area contributed by atoms with Crippen LogP contribution in [-0.2, 0) is 0 Å². The normalized spacial score (nSPS) is 11.1. The molecule has 0 saturated heterocycles. The average molecular weight is 199 g/mol. The number of benzene rings is 1. The maximum Gasteiger partial charge on any atom is 0.387 e. The molecule has 14 heavy (non-hydrogen) atoms. The molecule has 1 heterocycles. The highest BCUT2D eigenvalue weighted by Crippen LogP contribution is 2.22. The van der Waals surface area contributed by atoms with Gasteiger partial charge in [0.15, 0.2) is 11.5 Å². The van der Waals surface area contributed by atoms with E-state index in [1.807, 2.05) is 0 Å². The molecule has 5 heteroatoms. The van der Waals surface area contributed by atoms with Crippen LogP contribution in [0.2, 0.25) is 0 Å². The summed E-state index contributed by atoms with van der Waals surface area (Å²) >= 11 is 0. The highest BCUT2D eigenvalue weighted by Gasteiger charge is 2.07. The lowest BCUT2D eigenvalue weighted by molar-refractivity contribution is -0.0497. The number of oxazole rings is 1. The van der Waals surface area contributed by atoms with Gasteiger partial charge in [-0.25, -0.2) is 4.98 Å². The number of aromatic nitrogens is 1. The SMILES string of the molecule is Cc1nc2ccc(OC(F)F)cc2o1. The second-order valence-electron chi connectivity index (χ2n) is 2.74. The molecule has 0 saturated carbocycles. The van der Waals surface area contributed by atoms with E-state index >= 15 is 0 Å². The van der Waals surface area contributed by atoms with E-state index in [9.17, 15) is 8.78 Å². The lowest BCUT2D eigenvalue weighted by Crippen LogP contribution is -2.01. The minimum atomic E-state index is -2.82. The summed E-state index contributed by atoms with van der Waals surface area (Å²) in [5.41, 5.74) is 1.07. The molecule has 0 spiro atoms. The first-order valence-electron chi connectivity index (χ1n) is 3.97. The minimum Gasteiger partial charge on any atom is -0.441 e. The first-order chi connectivity index (χ1) is 6.65. The Labute approximate surface area is 78.3 Å². The second-order valence-corrected chi connectivity index (χ2v) is 2.74. The summed E-state index contributed by atoms with van der Waals surface area (Å²) < 4.78 is 33.1. The predicted molar refractivity (Wildman–Crippen MR) is 45.4 cm³/mol. The standard InChI is InChI=1S/C9H7F2NO2/c1-5-12-7-3-2-6(14-9(10)11)4-8(7)13-5/h2-4,9H,1H3. The highest BCUT2D eigenvalue weighted by atomic mass is 19.3. The van der Waals surface area contributed by atoms with Crippen molar-refractivity contribution in [2.24, 2.45) is 0 Å². The van der Waals surface area contributed by atoms with Crippen molar-refractivity contribution in [2.45, 2.75) is 13.5 Å². The Balaban J connectivity index is 2.40. The van der Waals surface area contributed by atoms with Gasteiger partial charge in [0.05, 0.1) is 0 Å². The summed E-state index contributed by atoms with van der Waals surface area (Å²) in [6.07, 6.45) is 0. The maximum absolute atomic E-state index is 11.9. The van der Waals surface area contributed by atoms with Crippen LogP contribution in [0, 0.1) is 6.92 Å². The summed E-state index contributed by atoms with van der Waals surface area (Å²) in [7, 11) is 0. The Bertz CT molecular complexity index is 453. The van der Waals surface area contributed by atoms with Gasteiger partial charge in [-0.05, 0) is 12.1 Å². The molecule has 0 fully saturated rings. The molecule has 0 aliphatic carbocycles. The smallest absolute Gasteiger partial charge is 0.387 e. The van der Waals surface area contributed by atoms with Crippen LogP contribution in [-0.4, -0.2) is 11.6 Å². The summed E-state index contributed by atoms with van der Waals surface area (Å²) in [4.78, 5) is 4.02. The Morgan fingerprint density at radius 3 is 2.93 bits per heavy atom. The molecule has 0 aliphatic heterocycles. The molecule has 3 nitrogen and oxygen atoms in total. The van der Waals surface area contributed by atoms with Crippen LogP contribution in [0.5, 0.6) is 5.75 Å². The minimum absolute atomic E-state index is 0.0728. The van der Waals surface area contributed by atoms with E-state index < -0.39 is 6.61 Å². The Morgan fingerprint density at radius 2 is 2.21 bits per heavy atom. The molecule has 0 N–H and O–H groups in total. The first kappa shape index (κ1) is 8.93. The van der Waals surface area contributed by atoms with Gasteiger partial charge in [0, 0.05) is 13.0 Å². The largest absolute Gasteiger partial charge is 0.441 e. The molecule has 0 unspecified atom stereocenters. The third-order valence-electron chi connectivity index (χ3n) is 1.69. The van der Waals surface area contributed by atoms with E-state index in [4.69, 9.17) is 4.42 Å². The van der Waals surface area contributed by atoms with Gasteiger partial charge in [0.25, 0.3) is 0 Å². The van der Waals surface area contributed by atoms with Crippen molar-refractivity contribution in [1.29, 1.82) is 0 Å².